The molecule has 68 valence electrons. The van der Waals surface area contributed by atoms with E-state index in [0.29, 0.717) is 5.69 Å². The van der Waals surface area contributed by atoms with Crippen molar-refractivity contribution in [1.29, 1.82) is 0 Å². The second-order valence-corrected chi connectivity index (χ2v) is 2.41. The van der Waals surface area contributed by atoms with Crippen molar-refractivity contribution < 1.29 is 4.79 Å². The largest absolute Gasteiger partial charge is 0.302 e. The van der Waals surface area contributed by atoms with Gasteiger partial charge in [-0.2, -0.15) is 0 Å². The molecule has 0 fully saturated rings. The number of rotatable bonds is 2. The first-order valence-electron chi connectivity index (χ1n) is 3.94. The van der Waals surface area contributed by atoms with E-state index in [1.807, 2.05) is 0 Å². The molecule has 1 rings (SSSR count). The van der Waals surface area contributed by atoms with Crippen LogP contribution >= 0.6 is 0 Å². The lowest BCUT2D eigenvalue weighted by Gasteiger charge is -1.91. The molecule has 14 heavy (non-hydrogen) atoms. The predicted molar refractivity (Wildman–Crippen MR) is 52.8 cm³/mol. The third-order valence-corrected chi connectivity index (χ3v) is 1.42. The molecule has 4 nitrogen and oxygen atoms in total. The Hall–Kier alpha value is -2.24. The van der Waals surface area contributed by atoms with E-state index >= 15 is 0 Å². The molecule has 0 unspecified atom stereocenters. The van der Waals surface area contributed by atoms with Crippen LogP contribution in [0.1, 0.15) is 12.0 Å². The van der Waals surface area contributed by atoms with Crippen molar-refractivity contribution in [1.82, 2.24) is 0 Å². The van der Waals surface area contributed by atoms with Gasteiger partial charge in [0.05, 0.1) is 6.42 Å². The normalized spacial score (nSPS) is 8.00. The Balaban J connectivity index is 2.89. The number of hydrogen-bond acceptors (Lipinski definition) is 2. The van der Waals surface area contributed by atoms with Crippen molar-refractivity contribution >= 4 is 12.0 Å². The van der Waals surface area contributed by atoms with Gasteiger partial charge in [0.2, 0.25) is 0 Å². The maximum absolute atomic E-state index is 10.00. The molecule has 0 aromatic heterocycles. The van der Waals surface area contributed by atoms with Crippen molar-refractivity contribution in [3.8, 4) is 11.8 Å². The highest BCUT2D eigenvalue weighted by Crippen LogP contribution is 2.13. The number of nitrogens with zero attached hydrogens (tertiary/aromatic N) is 3. The molecule has 0 aliphatic rings. The first-order chi connectivity index (χ1) is 6.86. The monoisotopic (exact) mass is 185 g/mol. The second-order valence-electron chi connectivity index (χ2n) is 2.41. The van der Waals surface area contributed by atoms with E-state index in [0.717, 1.165) is 11.8 Å². The molecule has 0 bridgehead atoms. The molecule has 0 spiro atoms. The van der Waals surface area contributed by atoms with Gasteiger partial charge in [0.25, 0.3) is 0 Å². The molecule has 4 heteroatoms. The maximum Gasteiger partial charge on any atom is 0.131 e. The summed E-state index contributed by atoms with van der Waals surface area (Å²) in [5.74, 6) is 5.45. The van der Waals surface area contributed by atoms with Crippen LogP contribution in [0.25, 0.3) is 10.4 Å². The fourth-order valence-electron chi connectivity index (χ4n) is 0.892. The Morgan fingerprint density at radius 3 is 3.14 bits per heavy atom. The molecule has 0 radical (unpaired) electrons. The van der Waals surface area contributed by atoms with Crippen molar-refractivity contribution in [2.45, 2.75) is 6.42 Å². The highest BCUT2D eigenvalue weighted by atomic mass is 16.1. The second kappa shape index (κ2) is 5.41. The lowest BCUT2D eigenvalue weighted by atomic mass is 10.2. The third-order valence-electron chi connectivity index (χ3n) is 1.42. The number of hydrogen-bond donors (Lipinski definition) is 0. The topological polar surface area (TPSA) is 65.8 Å². The molecule has 0 aliphatic heterocycles. The first kappa shape index (κ1) is 9.85. The molecule has 0 heterocycles. The van der Waals surface area contributed by atoms with Gasteiger partial charge in [0.1, 0.15) is 6.29 Å². The Morgan fingerprint density at radius 1 is 1.57 bits per heavy atom. The lowest BCUT2D eigenvalue weighted by molar-refractivity contribution is -0.107. The van der Waals surface area contributed by atoms with Crippen molar-refractivity contribution in [2.24, 2.45) is 5.11 Å². The van der Waals surface area contributed by atoms with Gasteiger partial charge in [-0.25, -0.2) is 0 Å². The number of carbonyl (C=O) groups excluding carboxylic acids is 1. The molecule has 1 aromatic rings. The first-order valence-corrected chi connectivity index (χ1v) is 3.94. The van der Waals surface area contributed by atoms with Crippen LogP contribution in [0.15, 0.2) is 29.4 Å². The molecule has 0 amide bonds. The molecule has 1 aromatic carbocycles. The number of benzene rings is 1. The van der Waals surface area contributed by atoms with Crippen molar-refractivity contribution in [2.75, 3.05) is 0 Å². The summed E-state index contributed by atoms with van der Waals surface area (Å²) in [4.78, 5) is 12.7. The van der Waals surface area contributed by atoms with E-state index in [1.54, 1.807) is 24.3 Å². The van der Waals surface area contributed by atoms with Gasteiger partial charge in [-0.05, 0) is 17.7 Å². The summed E-state index contributed by atoms with van der Waals surface area (Å²) in [6.07, 6.45) is 0.954. The smallest absolute Gasteiger partial charge is 0.131 e. The van der Waals surface area contributed by atoms with E-state index < -0.39 is 0 Å². The summed E-state index contributed by atoms with van der Waals surface area (Å²) in [6, 6.07) is 6.88. The molecule has 0 aliphatic carbocycles. The van der Waals surface area contributed by atoms with E-state index in [-0.39, 0.29) is 6.42 Å². The summed E-state index contributed by atoms with van der Waals surface area (Å²) in [5.41, 5.74) is 9.45. The van der Waals surface area contributed by atoms with Crippen LogP contribution in [0.5, 0.6) is 0 Å². The van der Waals surface area contributed by atoms with E-state index in [4.69, 9.17) is 5.53 Å². The zero-order valence-electron chi connectivity index (χ0n) is 7.34. The fraction of sp³-hybridized carbons (Fsp3) is 0.100. The van der Waals surface area contributed by atoms with Crippen molar-refractivity contribution in [3.63, 3.8) is 0 Å². The number of azide groups is 1. The maximum atomic E-state index is 10.00. The van der Waals surface area contributed by atoms with Crippen molar-refractivity contribution in [3.05, 3.63) is 40.3 Å². The highest BCUT2D eigenvalue weighted by Gasteiger charge is 1.89. The number of aldehydes is 1. The Labute approximate surface area is 81.2 Å². The quantitative estimate of drug-likeness (QED) is 0.229. The zero-order valence-corrected chi connectivity index (χ0v) is 7.34. The third kappa shape index (κ3) is 3.02. The minimum atomic E-state index is 0.214. The molecule has 0 N–H and O–H groups in total. The van der Waals surface area contributed by atoms with Crippen LogP contribution < -0.4 is 0 Å². The minimum Gasteiger partial charge on any atom is -0.302 e. The average Bonchev–Trinajstić information content (AvgIpc) is 2.19. The van der Waals surface area contributed by atoms with E-state index in [9.17, 15) is 4.79 Å². The highest BCUT2D eigenvalue weighted by molar-refractivity contribution is 5.55. The molecule has 0 saturated carbocycles. The summed E-state index contributed by atoms with van der Waals surface area (Å²) in [5, 5.41) is 3.44. The summed E-state index contributed by atoms with van der Waals surface area (Å²) in [6.45, 7) is 0. The van der Waals surface area contributed by atoms with Crippen LogP contribution in [0.3, 0.4) is 0 Å². The van der Waals surface area contributed by atoms with E-state index in [2.05, 4.69) is 21.9 Å². The fourth-order valence-corrected chi connectivity index (χ4v) is 0.892. The Morgan fingerprint density at radius 2 is 2.43 bits per heavy atom. The molecule has 0 saturated heterocycles. The van der Waals surface area contributed by atoms with Gasteiger partial charge < -0.3 is 4.79 Å². The molecule has 0 atom stereocenters. The summed E-state index contributed by atoms with van der Waals surface area (Å²) >= 11 is 0. The minimum absolute atomic E-state index is 0.214. The van der Waals surface area contributed by atoms with Gasteiger partial charge >= 0.3 is 0 Å². The lowest BCUT2D eigenvalue weighted by Crippen LogP contribution is -1.73. The van der Waals surface area contributed by atoms with Crippen LogP contribution in [0.4, 0.5) is 5.69 Å². The van der Waals surface area contributed by atoms with Gasteiger partial charge in [0, 0.05) is 16.2 Å². The van der Waals surface area contributed by atoms with Gasteiger partial charge in [-0.3, -0.25) is 0 Å². The number of carbonyl (C=O) groups is 1. The standard InChI is InChI=1S/C10H7N3O/c11-13-12-10-6-3-5-9(8-10)4-1-2-7-14/h3,5-8H,2H2. The zero-order chi connectivity index (χ0) is 10.2. The average molecular weight is 185 g/mol. The van der Waals surface area contributed by atoms with Crippen LogP contribution in [-0.2, 0) is 4.79 Å². The Bertz CT molecular complexity index is 436. The molecular weight excluding hydrogens is 178 g/mol. The SMILES string of the molecule is [N-]=[N+]=Nc1cccc(C#CCC=O)c1. The predicted octanol–water partition coefficient (Wildman–Crippen LogP) is 2.57. The van der Waals surface area contributed by atoms with Crippen LogP contribution in [0, 0.1) is 11.8 Å². The Kier molecular flexibility index (Phi) is 3.81. The van der Waals surface area contributed by atoms with Gasteiger partial charge in [-0.1, -0.05) is 29.1 Å². The summed E-state index contributed by atoms with van der Waals surface area (Å²) < 4.78 is 0. The van der Waals surface area contributed by atoms with Crippen LogP contribution in [-0.4, -0.2) is 6.29 Å². The van der Waals surface area contributed by atoms with Gasteiger partial charge in [0.15, 0.2) is 0 Å². The van der Waals surface area contributed by atoms with E-state index in [1.165, 1.54) is 0 Å². The molecular formula is C10H7N3O. The summed E-state index contributed by atoms with van der Waals surface area (Å²) in [7, 11) is 0. The van der Waals surface area contributed by atoms with Gasteiger partial charge in [-0.15, -0.1) is 0 Å². The van der Waals surface area contributed by atoms with Crippen LogP contribution in [0.2, 0.25) is 0 Å².